The number of methoxy groups -OCH3 is 1. The summed E-state index contributed by atoms with van der Waals surface area (Å²) >= 11 is 3.52. The fourth-order valence-corrected chi connectivity index (χ4v) is 2.05. The third-order valence-electron chi connectivity index (χ3n) is 2.47. The van der Waals surface area contributed by atoms with E-state index >= 15 is 0 Å². The summed E-state index contributed by atoms with van der Waals surface area (Å²) in [4.78, 5) is 0. The lowest BCUT2D eigenvalue weighted by atomic mass is 10.0. The number of hydrogen-bond acceptors (Lipinski definition) is 2. The predicted molar refractivity (Wildman–Crippen MR) is 74.4 cm³/mol. The van der Waals surface area contributed by atoms with Crippen molar-refractivity contribution in [1.82, 2.24) is 0 Å². The minimum atomic E-state index is 0. The van der Waals surface area contributed by atoms with Gasteiger partial charge in [-0.15, -0.1) is 12.4 Å². The fourth-order valence-electron chi connectivity index (χ4n) is 1.51. The molecule has 0 saturated carbocycles. The number of ether oxygens (including phenoxy) is 1. The number of unbranched alkanes of at least 4 members (excludes halogenated alkanes) is 1. The van der Waals surface area contributed by atoms with Crippen LogP contribution in [0, 0.1) is 0 Å². The highest BCUT2D eigenvalue weighted by Crippen LogP contribution is 2.28. The summed E-state index contributed by atoms with van der Waals surface area (Å²) in [5, 5.41) is 0. The largest absolute Gasteiger partial charge is 0.497 e. The van der Waals surface area contributed by atoms with Crippen molar-refractivity contribution in [3.05, 3.63) is 28.2 Å². The normalized spacial score (nSPS) is 11.8. The van der Waals surface area contributed by atoms with Crippen LogP contribution in [0.2, 0.25) is 0 Å². The summed E-state index contributed by atoms with van der Waals surface area (Å²) in [6, 6.07) is 6.01. The topological polar surface area (TPSA) is 35.2 Å². The molecule has 0 amide bonds. The molecule has 2 nitrogen and oxygen atoms in total. The molecule has 1 rings (SSSR count). The van der Waals surface area contributed by atoms with Crippen molar-refractivity contribution >= 4 is 28.3 Å². The first-order valence-electron chi connectivity index (χ1n) is 5.28. The second kappa shape index (κ2) is 7.93. The van der Waals surface area contributed by atoms with Crippen molar-refractivity contribution in [1.29, 1.82) is 0 Å². The Kier molecular flexibility index (Phi) is 7.81. The van der Waals surface area contributed by atoms with Crippen LogP contribution >= 0.6 is 28.3 Å². The van der Waals surface area contributed by atoms with Crippen LogP contribution in [0.15, 0.2) is 22.7 Å². The maximum atomic E-state index is 6.12. The van der Waals surface area contributed by atoms with Crippen molar-refractivity contribution < 1.29 is 4.74 Å². The smallest absolute Gasteiger partial charge is 0.119 e. The van der Waals surface area contributed by atoms with E-state index in [4.69, 9.17) is 10.5 Å². The Morgan fingerprint density at radius 1 is 1.44 bits per heavy atom. The van der Waals surface area contributed by atoms with Gasteiger partial charge in [-0.05, 0) is 30.2 Å². The summed E-state index contributed by atoms with van der Waals surface area (Å²) in [6.45, 7) is 2.17. The monoisotopic (exact) mass is 307 g/mol. The van der Waals surface area contributed by atoms with Crippen LogP contribution in [-0.4, -0.2) is 7.11 Å². The number of hydrogen-bond donors (Lipinski definition) is 1. The molecule has 0 fully saturated rings. The Morgan fingerprint density at radius 3 is 2.69 bits per heavy atom. The Hall–Kier alpha value is -0.250. The van der Waals surface area contributed by atoms with E-state index < -0.39 is 0 Å². The van der Waals surface area contributed by atoms with Crippen molar-refractivity contribution in [2.75, 3.05) is 7.11 Å². The fraction of sp³-hybridized carbons (Fsp3) is 0.500. The molecule has 0 spiro atoms. The van der Waals surface area contributed by atoms with E-state index in [0.717, 1.165) is 28.6 Å². The van der Waals surface area contributed by atoms with Crippen LogP contribution in [0.3, 0.4) is 0 Å². The standard InChI is InChI=1S/C12H18BrNO.ClH/c1-3-4-5-12(14)10-8-9(15-2)6-7-11(10)13;/h6-8,12H,3-5,14H2,1-2H3;1H/t12-;/m1./s1. The zero-order valence-corrected chi connectivity index (χ0v) is 12.1. The molecule has 0 bridgehead atoms. The molecule has 0 aliphatic carbocycles. The molecule has 4 heteroatoms. The molecular weight excluding hydrogens is 289 g/mol. The lowest BCUT2D eigenvalue weighted by Gasteiger charge is -2.14. The highest BCUT2D eigenvalue weighted by molar-refractivity contribution is 9.10. The number of halogens is 2. The third-order valence-corrected chi connectivity index (χ3v) is 3.19. The zero-order valence-electron chi connectivity index (χ0n) is 9.70. The Labute approximate surface area is 112 Å². The average Bonchev–Trinajstić information content (AvgIpc) is 2.26. The minimum Gasteiger partial charge on any atom is -0.497 e. The van der Waals surface area contributed by atoms with Crippen LogP contribution in [0.25, 0.3) is 0 Å². The van der Waals surface area contributed by atoms with E-state index in [1.807, 2.05) is 18.2 Å². The summed E-state index contributed by atoms with van der Waals surface area (Å²) in [5.41, 5.74) is 7.25. The highest BCUT2D eigenvalue weighted by Gasteiger charge is 2.10. The van der Waals surface area contributed by atoms with Crippen molar-refractivity contribution in [2.24, 2.45) is 5.73 Å². The summed E-state index contributed by atoms with van der Waals surface area (Å²) < 4.78 is 6.25. The number of rotatable bonds is 5. The molecule has 0 saturated heterocycles. The van der Waals surface area contributed by atoms with Gasteiger partial charge in [-0.3, -0.25) is 0 Å². The molecule has 1 atom stereocenters. The average molecular weight is 309 g/mol. The van der Waals surface area contributed by atoms with E-state index in [9.17, 15) is 0 Å². The Bertz CT molecular complexity index is 320. The molecule has 0 aliphatic heterocycles. The predicted octanol–water partition coefficient (Wildman–Crippen LogP) is 4.07. The van der Waals surface area contributed by atoms with Gasteiger partial charge in [-0.2, -0.15) is 0 Å². The van der Waals surface area contributed by atoms with Crippen molar-refractivity contribution in [3.8, 4) is 5.75 Å². The molecule has 0 aromatic heterocycles. The van der Waals surface area contributed by atoms with E-state index in [1.54, 1.807) is 7.11 Å². The van der Waals surface area contributed by atoms with Gasteiger partial charge >= 0.3 is 0 Å². The van der Waals surface area contributed by atoms with E-state index in [2.05, 4.69) is 22.9 Å². The van der Waals surface area contributed by atoms with Crippen LogP contribution < -0.4 is 10.5 Å². The van der Waals surface area contributed by atoms with Gasteiger partial charge in [0.2, 0.25) is 0 Å². The van der Waals surface area contributed by atoms with Gasteiger partial charge in [-0.1, -0.05) is 35.7 Å². The summed E-state index contributed by atoms with van der Waals surface area (Å²) in [6.07, 6.45) is 3.35. The molecule has 1 aromatic rings. The van der Waals surface area contributed by atoms with Crippen LogP contribution in [0.5, 0.6) is 5.75 Å². The summed E-state index contributed by atoms with van der Waals surface area (Å²) in [7, 11) is 1.67. The number of benzene rings is 1. The van der Waals surface area contributed by atoms with E-state index in [0.29, 0.717) is 0 Å². The molecule has 0 heterocycles. The molecular formula is C12H19BrClNO. The summed E-state index contributed by atoms with van der Waals surface area (Å²) in [5.74, 6) is 0.861. The van der Waals surface area contributed by atoms with Gasteiger partial charge in [0, 0.05) is 10.5 Å². The van der Waals surface area contributed by atoms with Gasteiger partial charge < -0.3 is 10.5 Å². The SMILES string of the molecule is CCCC[C@@H](N)c1cc(OC)ccc1Br.Cl. The van der Waals surface area contributed by atoms with Crippen LogP contribution in [-0.2, 0) is 0 Å². The van der Waals surface area contributed by atoms with Gasteiger partial charge in [0.05, 0.1) is 7.11 Å². The first-order chi connectivity index (χ1) is 7.19. The molecule has 1 aromatic carbocycles. The van der Waals surface area contributed by atoms with Crippen LogP contribution in [0.4, 0.5) is 0 Å². The minimum absolute atomic E-state index is 0. The number of nitrogens with two attached hydrogens (primary N) is 1. The molecule has 0 radical (unpaired) electrons. The molecule has 0 aliphatic rings. The van der Waals surface area contributed by atoms with E-state index in [-0.39, 0.29) is 18.4 Å². The van der Waals surface area contributed by atoms with Crippen molar-refractivity contribution in [3.63, 3.8) is 0 Å². The lowest BCUT2D eigenvalue weighted by Crippen LogP contribution is -2.10. The van der Waals surface area contributed by atoms with Crippen LogP contribution in [0.1, 0.15) is 37.8 Å². The second-order valence-corrected chi connectivity index (χ2v) is 4.49. The highest BCUT2D eigenvalue weighted by atomic mass is 79.9. The third kappa shape index (κ3) is 4.32. The Morgan fingerprint density at radius 2 is 2.12 bits per heavy atom. The zero-order chi connectivity index (χ0) is 11.3. The van der Waals surface area contributed by atoms with Gasteiger partial charge in [0.15, 0.2) is 0 Å². The first kappa shape index (κ1) is 15.8. The van der Waals surface area contributed by atoms with Gasteiger partial charge in [-0.25, -0.2) is 0 Å². The maximum Gasteiger partial charge on any atom is 0.119 e. The first-order valence-corrected chi connectivity index (χ1v) is 6.07. The van der Waals surface area contributed by atoms with E-state index in [1.165, 1.54) is 6.42 Å². The molecule has 2 N–H and O–H groups in total. The quantitative estimate of drug-likeness (QED) is 0.890. The van der Waals surface area contributed by atoms with Gasteiger partial charge in [0.1, 0.15) is 5.75 Å². The van der Waals surface area contributed by atoms with Crippen molar-refractivity contribution in [2.45, 2.75) is 32.2 Å². The Balaban J connectivity index is 0.00000225. The second-order valence-electron chi connectivity index (χ2n) is 3.64. The van der Waals surface area contributed by atoms with Gasteiger partial charge in [0.25, 0.3) is 0 Å². The molecule has 0 unspecified atom stereocenters. The lowest BCUT2D eigenvalue weighted by molar-refractivity contribution is 0.413. The molecule has 16 heavy (non-hydrogen) atoms. The maximum absolute atomic E-state index is 6.12. The molecule has 92 valence electrons.